The van der Waals surface area contributed by atoms with Gasteiger partial charge in [-0.3, -0.25) is 9.59 Å². The summed E-state index contributed by atoms with van der Waals surface area (Å²) < 4.78 is 24.8. The number of para-hydroxylation sites is 2. The summed E-state index contributed by atoms with van der Waals surface area (Å²) in [5.41, 5.74) is 1.54. The Hall–Kier alpha value is -1.93. The van der Waals surface area contributed by atoms with Crippen molar-refractivity contribution in [2.24, 2.45) is 5.92 Å². The number of hydrogen-bond acceptors (Lipinski definition) is 4. The van der Waals surface area contributed by atoms with Crippen LogP contribution in [0, 0.1) is 5.92 Å². The summed E-state index contributed by atoms with van der Waals surface area (Å²) in [6.07, 6.45) is 3.02. The van der Waals surface area contributed by atoms with Crippen LogP contribution in [0.4, 0.5) is 11.4 Å². The molecule has 1 aromatic rings. The number of nitrogens with zero attached hydrogens (tertiary/aromatic N) is 3. The van der Waals surface area contributed by atoms with Crippen molar-refractivity contribution >= 4 is 33.2 Å². The van der Waals surface area contributed by atoms with Gasteiger partial charge in [-0.2, -0.15) is 0 Å². The minimum absolute atomic E-state index is 0.0322. The van der Waals surface area contributed by atoms with E-state index in [1.807, 2.05) is 31.2 Å². The van der Waals surface area contributed by atoms with Crippen LogP contribution in [0.5, 0.6) is 0 Å². The quantitative estimate of drug-likeness (QED) is 0.785. The lowest BCUT2D eigenvalue weighted by Crippen LogP contribution is -2.51. The van der Waals surface area contributed by atoms with E-state index in [0.29, 0.717) is 38.9 Å². The average Bonchev–Trinajstić information content (AvgIpc) is 2.60. The van der Waals surface area contributed by atoms with E-state index in [0.717, 1.165) is 11.4 Å². The molecule has 1 unspecified atom stereocenters. The molecule has 8 heteroatoms. The van der Waals surface area contributed by atoms with Gasteiger partial charge >= 0.3 is 0 Å². The molecule has 0 bridgehead atoms. The molecular weight excluding hydrogens is 366 g/mol. The summed E-state index contributed by atoms with van der Waals surface area (Å²) in [7, 11) is -3.16. The molecule has 0 N–H and O–H groups in total. The zero-order chi connectivity index (χ0) is 19.8. The molecule has 3 rings (SSSR count). The fourth-order valence-corrected chi connectivity index (χ4v) is 4.97. The Morgan fingerprint density at radius 2 is 1.70 bits per heavy atom. The Balaban J connectivity index is 1.72. The molecule has 2 aliphatic rings. The van der Waals surface area contributed by atoms with Gasteiger partial charge in [-0.25, -0.2) is 12.7 Å². The third-order valence-electron chi connectivity index (χ3n) is 5.47. The molecular formula is C19H27N3O4S. The summed E-state index contributed by atoms with van der Waals surface area (Å²) in [5, 5.41) is 0. The fourth-order valence-electron chi connectivity index (χ4n) is 4.10. The highest BCUT2D eigenvalue weighted by molar-refractivity contribution is 7.88. The van der Waals surface area contributed by atoms with Gasteiger partial charge in [0.25, 0.3) is 0 Å². The summed E-state index contributed by atoms with van der Waals surface area (Å²) in [4.78, 5) is 28.6. The SMILES string of the molecule is CC(=O)N1c2ccccc2N(C(=O)CC2CCN(S(C)(=O)=O)CC2)CC1C. The molecule has 2 heterocycles. The number of sulfonamides is 1. The lowest BCUT2D eigenvalue weighted by molar-refractivity contribution is -0.120. The minimum Gasteiger partial charge on any atom is -0.308 e. The van der Waals surface area contributed by atoms with Gasteiger partial charge < -0.3 is 9.80 Å². The highest BCUT2D eigenvalue weighted by Gasteiger charge is 2.34. The number of piperidine rings is 1. The fraction of sp³-hybridized carbons (Fsp3) is 0.579. The molecule has 0 saturated carbocycles. The molecule has 0 aromatic heterocycles. The molecule has 1 saturated heterocycles. The van der Waals surface area contributed by atoms with Gasteiger partial charge in [-0.1, -0.05) is 12.1 Å². The van der Waals surface area contributed by atoms with Crippen molar-refractivity contribution in [1.82, 2.24) is 4.31 Å². The van der Waals surface area contributed by atoms with Crippen molar-refractivity contribution in [3.63, 3.8) is 0 Å². The third-order valence-corrected chi connectivity index (χ3v) is 6.77. The second kappa shape index (κ2) is 7.59. The van der Waals surface area contributed by atoms with Crippen LogP contribution in [-0.2, 0) is 19.6 Å². The van der Waals surface area contributed by atoms with Crippen LogP contribution in [0.1, 0.15) is 33.1 Å². The Kier molecular flexibility index (Phi) is 5.58. The molecule has 27 heavy (non-hydrogen) atoms. The van der Waals surface area contributed by atoms with Gasteiger partial charge in [-0.15, -0.1) is 0 Å². The molecule has 0 spiro atoms. The van der Waals surface area contributed by atoms with Crippen LogP contribution in [0.2, 0.25) is 0 Å². The van der Waals surface area contributed by atoms with Crippen LogP contribution in [0.25, 0.3) is 0 Å². The number of benzene rings is 1. The number of carbonyl (C=O) groups excluding carboxylic acids is 2. The maximum Gasteiger partial charge on any atom is 0.227 e. The topological polar surface area (TPSA) is 78.0 Å². The number of hydrogen-bond donors (Lipinski definition) is 0. The molecule has 1 aromatic carbocycles. The second-order valence-corrected chi connectivity index (χ2v) is 9.52. The average molecular weight is 394 g/mol. The van der Waals surface area contributed by atoms with Gasteiger partial charge in [0, 0.05) is 33.0 Å². The van der Waals surface area contributed by atoms with Gasteiger partial charge in [0.1, 0.15) is 0 Å². The van der Waals surface area contributed by atoms with E-state index in [9.17, 15) is 18.0 Å². The normalized spacial score (nSPS) is 21.8. The smallest absolute Gasteiger partial charge is 0.227 e. The molecule has 2 amide bonds. The molecule has 0 radical (unpaired) electrons. The van der Waals surface area contributed by atoms with E-state index >= 15 is 0 Å². The molecule has 0 aliphatic carbocycles. The highest BCUT2D eigenvalue weighted by Crippen LogP contribution is 2.36. The summed E-state index contributed by atoms with van der Waals surface area (Å²) in [6, 6.07) is 7.40. The molecule has 1 fully saturated rings. The first-order chi connectivity index (χ1) is 12.7. The minimum atomic E-state index is -3.16. The second-order valence-electron chi connectivity index (χ2n) is 7.54. The number of fused-ring (bicyclic) bond motifs is 1. The van der Waals surface area contributed by atoms with Gasteiger partial charge in [0.15, 0.2) is 0 Å². The molecule has 7 nitrogen and oxygen atoms in total. The standard InChI is InChI=1S/C19H27N3O4S/c1-14-13-21(17-6-4-5-7-18(17)22(14)15(2)23)19(24)12-16-8-10-20(11-9-16)27(3,25)26/h4-7,14,16H,8-13H2,1-3H3. The Morgan fingerprint density at radius 3 is 2.26 bits per heavy atom. The van der Waals surface area contributed by atoms with Crippen LogP contribution < -0.4 is 9.80 Å². The van der Waals surface area contributed by atoms with Gasteiger partial charge in [0.2, 0.25) is 21.8 Å². The maximum absolute atomic E-state index is 13.0. The molecule has 1 atom stereocenters. The van der Waals surface area contributed by atoms with E-state index in [1.54, 1.807) is 16.7 Å². The first-order valence-electron chi connectivity index (χ1n) is 9.32. The van der Waals surface area contributed by atoms with Gasteiger partial charge in [-0.05, 0) is 37.8 Å². The third kappa shape index (κ3) is 4.16. The van der Waals surface area contributed by atoms with Crippen molar-refractivity contribution in [3.05, 3.63) is 24.3 Å². The van der Waals surface area contributed by atoms with Crippen molar-refractivity contribution < 1.29 is 18.0 Å². The number of rotatable bonds is 3. The predicted octanol–water partition coefficient (Wildman–Crippen LogP) is 1.84. The van der Waals surface area contributed by atoms with Gasteiger partial charge in [0.05, 0.1) is 23.7 Å². The number of carbonyl (C=O) groups is 2. The lowest BCUT2D eigenvalue weighted by atomic mass is 9.93. The van der Waals surface area contributed by atoms with Crippen molar-refractivity contribution in [1.29, 1.82) is 0 Å². The Morgan fingerprint density at radius 1 is 1.11 bits per heavy atom. The van der Waals surface area contributed by atoms with Crippen LogP contribution >= 0.6 is 0 Å². The number of amides is 2. The van der Waals surface area contributed by atoms with E-state index in [1.165, 1.54) is 10.6 Å². The van der Waals surface area contributed by atoms with Crippen molar-refractivity contribution in [3.8, 4) is 0 Å². The van der Waals surface area contributed by atoms with Crippen LogP contribution in [0.15, 0.2) is 24.3 Å². The van der Waals surface area contributed by atoms with Crippen LogP contribution in [0.3, 0.4) is 0 Å². The van der Waals surface area contributed by atoms with Crippen molar-refractivity contribution in [2.75, 3.05) is 35.7 Å². The summed E-state index contributed by atoms with van der Waals surface area (Å²) >= 11 is 0. The first-order valence-corrected chi connectivity index (χ1v) is 11.2. The number of anilines is 2. The maximum atomic E-state index is 13.0. The van der Waals surface area contributed by atoms with E-state index < -0.39 is 10.0 Å². The van der Waals surface area contributed by atoms with Crippen LogP contribution in [-0.4, -0.2) is 56.5 Å². The van der Waals surface area contributed by atoms with E-state index in [4.69, 9.17) is 0 Å². The lowest BCUT2D eigenvalue weighted by Gasteiger charge is -2.41. The molecule has 148 valence electrons. The summed E-state index contributed by atoms with van der Waals surface area (Å²) in [6.45, 7) is 4.91. The first kappa shape index (κ1) is 19.8. The van der Waals surface area contributed by atoms with E-state index in [2.05, 4.69) is 0 Å². The molecule has 2 aliphatic heterocycles. The Labute approximate surface area is 161 Å². The Bertz CT molecular complexity index is 831. The zero-order valence-electron chi connectivity index (χ0n) is 16.1. The summed E-state index contributed by atoms with van der Waals surface area (Å²) in [5.74, 6) is 0.189. The predicted molar refractivity (Wildman–Crippen MR) is 105 cm³/mol. The largest absolute Gasteiger partial charge is 0.308 e. The van der Waals surface area contributed by atoms with Crippen molar-refractivity contribution in [2.45, 2.75) is 39.2 Å². The van der Waals surface area contributed by atoms with E-state index in [-0.39, 0.29) is 23.8 Å². The zero-order valence-corrected chi connectivity index (χ0v) is 16.9. The highest BCUT2D eigenvalue weighted by atomic mass is 32.2. The monoisotopic (exact) mass is 393 g/mol.